The lowest BCUT2D eigenvalue weighted by atomic mass is 10.1. The van der Waals surface area contributed by atoms with E-state index in [1.807, 2.05) is 23.1 Å². The summed E-state index contributed by atoms with van der Waals surface area (Å²) in [6, 6.07) is 12.7. The van der Waals surface area contributed by atoms with E-state index in [1.54, 1.807) is 36.0 Å². The fourth-order valence-corrected chi connectivity index (χ4v) is 3.93. The molecule has 1 aliphatic heterocycles. The van der Waals surface area contributed by atoms with E-state index in [1.165, 1.54) is 6.92 Å². The van der Waals surface area contributed by atoms with Crippen LogP contribution in [0, 0.1) is 0 Å². The number of hydrogen-bond acceptors (Lipinski definition) is 4. The number of fused-ring (bicyclic) bond motifs is 1. The molecular formula is C20H20ClNO3S. The Morgan fingerprint density at radius 2 is 1.96 bits per heavy atom. The summed E-state index contributed by atoms with van der Waals surface area (Å²) in [7, 11) is 0. The molecule has 3 rings (SSSR count). The Kier molecular flexibility index (Phi) is 6.22. The first-order chi connectivity index (χ1) is 12.5. The summed E-state index contributed by atoms with van der Waals surface area (Å²) in [5.74, 6) is 1.71. The molecule has 0 saturated heterocycles. The molecule has 26 heavy (non-hydrogen) atoms. The van der Waals surface area contributed by atoms with Crippen LogP contribution in [-0.4, -0.2) is 30.6 Å². The van der Waals surface area contributed by atoms with Gasteiger partial charge in [0, 0.05) is 34.2 Å². The van der Waals surface area contributed by atoms with Crippen LogP contribution in [0.2, 0.25) is 5.02 Å². The lowest BCUT2D eigenvalue weighted by Crippen LogP contribution is -2.35. The van der Waals surface area contributed by atoms with Gasteiger partial charge in [0.25, 0.3) is 0 Å². The Bertz CT molecular complexity index is 807. The van der Waals surface area contributed by atoms with Crippen molar-refractivity contribution >= 4 is 40.7 Å². The van der Waals surface area contributed by atoms with Gasteiger partial charge in [-0.15, -0.1) is 11.8 Å². The molecule has 0 aromatic heterocycles. The summed E-state index contributed by atoms with van der Waals surface area (Å²) < 4.78 is 5.66. The zero-order valence-electron chi connectivity index (χ0n) is 14.5. The van der Waals surface area contributed by atoms with Gasteiger partial charge in [-0.25, -0.2) is 0 Å². The van der Waals surface area contributed by atoms with Crippen molar-refractivity contribution in [2.24, 2.45) is 0 Å². The summed E-state index contributed by atoms with van der Waals surface area (Å²) in [4.78, 5) is 26.8. The van der Waals surface area contributed by atoms with Gasteiger partial charge in [0.1, 0.15) is 5.75 Å². The number of nitrogens with zero attached hydrogens (tertiary/aromatic N) is 1. The monoisotopic (exact) mass is 389 g/mol. The number of benzene rings is 2. The van der Waals surface area contributed by atoms with Gasteiger partial charge in [-0.05, 0) is 55.8 Å². The van der Waals surface area contributed by atoms with Crippen LogP contribution in [0.4, 0.5) is 5.69 Å². The van der Waals surface area contributed by atoms with Crippen LogP contribution in [0.3, 0.4) is 0 Å². The average molecular weight is 390 g/mol. The number of thioether (sulfide) groups is 1. The quantitative estimate of drug-likeness (QED) is 0.523. The molecule has 0 fully saturated rings. The number of ketones is 1. The maximum Gasteiger partial charge on any atom is 0.227 e. The van der Waals surface area contributed by atoms with E-state index in [2.05, 4.69) is 0 Å². The van der Waals surface area contributed by atoms with Gasteiger partial charge in [-0.2, -0.15) is 0 Å². The highest BCUT2D eigenvalue weighted by Crippen LogP contribution is 2.36. The Morgan fingerprint density at radius 3 is 2.69 bits per heavy atom. The molecule has 0 spiro atoms. The summed E-state index contributed by atoms with van der Waals surface area (Å²) >= 11 is 7.83. The van der Waals surface area contributed by atoms with Crippen molar-refractivity contribution < 1.29 is 14.3 Å². The zero-order chi connectivity index (χ0) is 18.5. The second-order valence-electron chi connectivity index (χ2n) is 6.04. The fourth-order valence-electron chi connectivity index (χ4n) is 2.78. The third kappa shape index (κ3) is 4.59. The van der Waals surface area contributed by atoms with Crippen molar-refractivity contribution in [3.8, 4) is 5.75 Å². The summed E-state index contributed by atoms with van der Waals surface area (Å²) in [6.07, 6.45) is 1.05. The summed E-state index contributed by atoms with van der Waals surface area (Å²) in [6.45, 7) is 2.69. The molecular weight excluding hydrogens is 370 g/mol. The second-order valence-corrected chi connectivity index (χ2v) is 7.61. The third-order valence-electron chi connectivity index (χ3n) is 4.15. The molecule has 1 amide bonds. The minimum absolute atomic E-state index is 0.0298. The van der Waals surface area contributed by atoms with Gasteiger partial charge < -0.3 is 9.64 Å². The number of hydrogen-bond donors (Lipinski definition) is 0. The number of ether oxygens (including phenoxy) is 1. The van der Waals surface area contributed by atoms with Gasteiger partial charge in [-0.3, -0.25) is 9.59 Å². The molecule has 6 heteroatoms. The molecule has 136 valence electrons. The average Bonchev–Trinajstić information content (AvgIpc) is 2.65. The fraction of sp³-hybridized carbons (Fsp3) is 0.300. The molecule has 0 radical (unpaired) electrons. The van der Waals surface area contributed by atoms with Crippen LogP contribution in [0.1, 0.15) is 30.1 Å². The third-order valence-corrected chi connectivity index (χ3v) is 5.43. The number of amides is 1. The summed E-state index contributed by atoms with van der Waals surface area (Å²) in [5.41, 5.74) is 1.56. The van der Waals surface area contributed by atoms with Gasteiger partial charge >= 0.3 is 0 Å². The molecule has 0 atom stereocenters. The van der Waals surface area contributed by atoms with Crippen molar-refractivity contribution in [3.05, 3.63) is 53.1 Å². The normalized spacial score (nSPS) is 13.2. The highest BCUT2D eigenvalue weighted by atomic mass is 35.5. The van der Waals surface area contributed by atoms with E-state index in [-0.39, 0.29) is 11.7 Å². The SMILES string of the molecule is CC(=O)c1ccc(OCCCC(=O)N2CCSc3ccc(Cl)cc32)cc1. The Balaban J connectivity index is 1.51. The number of anilines is 1. The van der Waals surface area contributed by atoms with Crippen molar-refractivity contribution in [1.29, 1.82) is 0 Å². The predicted octanol–water partition coefficient (Wildman–Crippen LogP) is 4.84. The predicted molar refractivity (Wildman–Crippen MR) is 106 cm³/mol. The van der Waals surface area contributed by atoms with Crippen molar-refractivity contribution in [1.82, 2.24) is 0 Å². The molecule has 0 saturated carbocycles. The minimum atomic E-state index is 0.0298. The largest absolute Gasteiger partial charge is 0.494 e. The molecule has 0 N–H and O–H groups in total. The summed E-state index contributed by atoms with van der Waals surface area (Å²) in [5, 5.41) is 0.640. The zero-order valence-corrected chi connectivity index (χ0v) is 16.1. The molecule has 1 aliphatic rings. The molecule has 2 aromatic rings. The highest BCUT2D eigenvalue weighted by molar-refractivity contribution is 7.99. The Morgan fingerprint density at radius 1 is 1.19 bits per heavy atom. The van der Waals surface area contributed by atoms with Crippen LogP contribution in [0.5, 0.6) is 5.75 Å². The molecule has 0 bridgehead atoms. The Hall–Kier alpha value is -1.98. The van der Waals surface area contributed by atoms with Gasteiger partial charge in [-0.1, -0.05) is 11.6 Å². The first-order valence-corrected chi connectivity index (χ1v) is 9.87. The standard InChI is InChI=1S/C20H20ClNO3S/c1-14(23)15-4-7-17(8-5-15)25-11-2-3-20(24)22-10-12-26-19-9-6-16(21)13-18(19)22/h4-9,13H,2-3,10-12H2,1H3. The van der Waals surface area contributed by atoms with E-state index >= 15 is 0 Å². The first-order valence-electron chi connectivity index (χ1n) is 8.51. The van der Waals surface area contributed by atoms with Crippen molar-refractivity contribution in [2.75, 3.05) is 23.8 Å². The number of carbonyl (C=O) groups is 2. The minimum Gasteiger partial charge on any atom is -0.494 e. The van der Waals surface area contributed by atoms with Crippen LogP contribution in [-0.2, 0) is 4.79 Å². The molecule has 1 heterocycles. The lowest BCUT2D eigenvalue weighted by molar-refractivity contribution is -0.118. The van der Waals surface area contributed by atoms with Crippen LogP contribution < -0.4 is 9.64 Å². The van der Waals surface area contributed by atoms with Gasteiger partial charge in [0.15, 0.2) is 5.78 Å². The van der Waals surface area contributed by atoms with Gasteiger partial charge in [0.05, 0.1) is 12.3 Å². The van der Waals surface area contributed by atoms with E-state index in [9.17, 15) is 9.59 Å². The molecule has 0 unspecified atom stereocenters. The highest BCUT2D eigenvalue weighted by Gasteiger charge is 2.22. The van der Waals surface area contributed by atoms with E-state index < -0.39 is 0 Å². The number of Topliss-reactive ketones (excluding diaryl/α,β-unsaturated/α-hetero) is 1. The van der Waals surface area contributed by atoms with E-state index in [0.717, 1.165) is 16.3 Å². The van der Waals surface area contributed by atoms with Crippen molar-refractivity contribution in [3.63, 3.8) is 0 Å². The lowest BCUT2D eigenvalue weighted by Gasteiger charge is -2.29. The first kappa shape index (κ1) is 18.8. The molecule has 4 nitrogen and oxygen atoms in total. The second kappa shape index (κ2) is 8.60. The number of carbonyl (C=O) groups excluding carboxylic acids is 2. The topological polar surface area (TPSA) is 46.6 Å². The number of halogens is 1. The molecule has 0 aliphatic carbocycles. The maximum atomic E-state index is 12.6. The van der Waals surface area contributed by atoms with Crippen molar-refractivity contribution in [2.45, 2.75) is 24.7 Å². The van der Waals surface area contributed by atoms with Crippen LogP contribution >= 0.6 is 23.4 Å². The molecule has 2 aromatic carbocycles. The smallest absolute Gasteiger partial charge is 0.227 e. The number of rotatable bonds is 6. The van der Waals surface area contributed by atoms with Gasteiger partial charge in [0.2, 0.25) is 5.91 Å². The van der Waals surface area contributed by atoms with E-state index in [4.69, 9.17) is 16.3 Å². The van der Waals surface area contributed by atoms with Crippen LogP contribution in [0.25, 0.3) is 0 Å². The maximum absolute atomic E-state index is 12.6. The van der Waals surface area contributed by atoms with Crippen LogP contribution in [0.15, 0.2) is 47.4 Å². The Labute approximate surface area is 162 Å². The van der Waals surface area contributed by atoms with E-state index in [0.29, 0.717) is 42.3 Å².